The molecule has 3 nitrogen and oxygen atoms in total. The molecule has 0 spiro atoms. The van der Waals surface area contributed by atoms with Gasteiger partial charge in [0.05, 0.1) is 0 Å². The fourth-order valence-electron chi connectivity index (χ4n) is 1.97. The minimum Gasteiger partial charge on any atom is -0.428 e. The summed E-state index contributed by atoms with van der Waals surface area (Å²) >= 11 is 3.27. The maximum Gasteiger partial charge on any atom is 0.347 e. The third kappa shape index (κ3) is 4.43. The Morgan fingerprint density at radius 3 is 2.53 bits per heavy atom. The summed E-state index contributed by atoms with van der Waals surface area (Å²) in [7, 11) is 1.56. The first-order valence-corrected chi connectivity index (χ1v) is 7.12. The Kier molecular flexibility index (Phi) is 6.82. The Labute approximate surface area is 112 Å². The van der Waals surface area contributed by atoms with Crippen molar-refractivity contribution in [2.75, 3.05) is 7.11 Å². The number of hydrogen-bond donors (Lipinski definition) is 0. The summed E-state index contributed by atoms with van der Waals surface area (Å²) in [5, 5.41) is 0. The SMILES string of the molecule is CCCCCCCCC1=C(Br)C(=O)OC1OC. The van der Waals surface area contributed by atoms with E-state index >= 15 is 0 Å². The lowest BCUT2D eigenvalue weighted by molar-refractivity contribution is -0.155. The van der Waals surface area contributed by atoms with Crippen molar-refractivity contribution in [1.82, 2.24) is 0 Å². The molecule has 0 saturated carbocycles. The van der Waals surface area contributed by atoms with Crippen LogP contribution in [-0.2, 0) is 14.3 Å². The molecule has 1 aliphatic heterocycles. The van der Waals surface area contributed by atoms with Crippen molar-refractivity contribution in [3.8, 4) is 0 Å². The molecule has 0 aliphatic carbocycles. The lowest BCUT2D eigenvalue weighted by Gasteiger charge is -2.11. The van der Waals surface area contributed by atoms with Crippen molar-refractivity contribution in [3.05, 3.63) is 10.1 Å². The van der Waals surface area contributed by atoms with E-state index in [1.54, 1.807) is 7.11 Å². The van der Waals surface area contributed by atoms with Crippen LogP contribution in [-0.4, -0.2) is 19.4 Å². The molecular weight excluding hydrogens is 284 g/mol. The smallest absolute Gasteiger partial charge is 0.347 e. The van der Waals surface area contributed by atoms with E-state index in [4.69, 9.17) is 9.47 Å². The van der Waals surface area contributed by atoms with E-state index in [0.29, 0.717) is 4.48 Å². The monoisotopic (exact) mass is 304 g/mol. The van der Waals surface area contributed by atoms with Gasteiger partial charge in [0.1, 0.15) is 4.48 Å². The molecule has 0 amide bonds. The highest BCUT2D eigenvalue weighted by Crippen LogP contribution is 2.31. The Morgan fingerprint density at radius 2 is 1.88 bits per heavy atom. The summed E-state index contributed by atoms with van der Waals surface area (Å²) in [5.41, 5.74) is 0.952. The minimum atomic E-state index is -0.479. The van der Waals surface area contributed by atoms with E-state index in [2.05, 4.69) is 22.9 Å². The van der Waals surface area contributed by atoms with Gasteiger partial charge < -0.3 is 9.47 Å². The van der Waals surface area contributed by atoms with Gasteiger partial charge in [-0.05, 0) is 28.8 Å². The zero-order chi connectivity index (χ0) is 12.7. The summed E-state index contributed by atoms with van der Waals surface area (Å²) in [6, 6.07) is 0. The highest BCUT2D eigenvalue weighted by Gasteiger charge is 2.31. The molecule has 0 aromatic rings. The molecule has 1 atom stereocenters. The van der Waals surface area contributed by atoms with Gasteiger partial charge in [-0.25, -0.2) is 4.79 Å². The molecule has 4 heteroatoms. The molecule has 0 radical (unpaired) electrons. The third-order valence-electron chi connectivity index (χ3n) is 2.97. The van der Waals surface area contributed by atoms with Crippen LogP contribution in [0.5, 0.6) is 0 Å². The van der Waals surface area contributed by atoms with Crippen molar-refractivity contribution in [2.45, 2.75) is 58.2 Å². The third-order valence-corrected chi connectivity index (χ3v) is 3.81. The van der Waals surface area contributed by atoms with Crippen LogP contribution in [0.15, 0.2) is 10.1 Å². The number of halogens is 1. The van der Waals surface area contributed by atoms with Gasteiger partial charge in [0.2, 0.25) is 6.29 Å². The maximum absolute atomic E-state index is 11.3. The van der Waals surface area contributed by atoms with Crippen molar-refractivity contribution in [2.24, 2.45) is 0 Å². The van der Waals surface area contributed by atoms with E-state index < -0.39 is 6.29 Å². The molecule has 1 rings (SSSR count). The second kappa shape index (κ2) is 7.88. The predicted molar refractivity (Wildman–Crippen MR) is 70.8 cm³/mol. The maximum atomic E-state index is 11.3. The Bertz CT molecular complexity index is 286. The average Bonchev–Trinajstić information content (AvgIpc) is 2.60. The van der Waals surface area contributed by atoms with Gasteiger partial charge in [-0.3, -0.25) is 0 Å². The van der Waals surface area contributed by atoms with Gasteiger partial charge in [-0.15, -0.1) is 0 Å². The molecular formula is C13H21BrO3. The molecule has 0 aromatic carbocycles. The molecule has 0 N–H and O–H groups in total. The van der Waals surface area contributed by atoms with Gasteiger partial charge in [0, 0.05) is 12.7 Å². The van der Waals surface area contributed by atoms with E-state index in [0.717, 1.165) is 18.4 Å². The van der Waals surface area contributed by atoms with Crippen LogP contribution in [0.4, 0.5) is 0 Å². The number of unbranched alkanes of at least 4 members (excludes halogenated alkanes) is 5. The number of cyclic esters (lactones) is 1. The number of rotatable bonds is 8. The molecule has 1 aliphatic rings. The lowest BCUT2D eigenvalue weighted by atomic mass is 10.1. The van der Waals surface area contributed by atoms with Crippen molar-refractivity contribution >= 4 is 21.9 Å². The van der Waals surface area contributed by atoms with Gasteiger partial charge in [0.25, 0.3) is 0 Å². The fourth-order valence-corrected chi connectivity index (χ4v) is 2.45. The van der Waals surface area contributed by atoms with E-state index in [9.17, 15) is 4.79 Å². The van der Waals surface area contributed by atoms with E-state index in [-0.39, 0.29) is 5.97 Å². The van der Waals surface area contributed by atoms with Crippen molar-refractivity contribution in [1.29, 1.82) is 0 Å². The number of esters is 1. The molecule has 17 heavy (non-hydrogen) atoms. The van der Waals surface area contributed by atoms with Crippen molar-refractivity contribution in [3.63, 3.8) is 0 Å². The zero-order valence-electron chi connectivity index (χ0n) is 10.6. The number of ether oxygens (including phenoxy) is 2. The van der Waals surface area contributed by atoms with Crippen molar-refractivity contribution < 1.29 is 14.3 Å². The van der Waals surface area contributed by atoms with Crippen LogP contribution < -0.4 is 0 Å². The standard InChI is InChI=1S/C13H21BrO3/c1-3-4-5-6-7-8-9-10-11(14)12(15)17-13(10)16-2/h13H,3-9H2,1-2H3. The quantitative estimate of drug-likeness (QED) is 0.504. The first-order valence-electron chi connectivity index (χ1n) is 6.33. The molecule has 0 fully saturated rings. The second-order valence-corrected chi connectivity index (χ2v) is 5.12. The summed E-state index contributed by atoms with van der Waals surface area (Å²) < 4.78 is 10.7. The highest BCUT2D eigenvalue weighted by atomic mass is 79.9. The molecule has 0 bridgehead atoms. The Morgan fingerprint density at radius 1 is 1.24 bits per heavy atom. The van der Waals surface area contributed by atoms with Crippen LogP contribution in [0.1, 0.15) is 51.9 Å². The molecule has 1 heterocycles. The zero-order valence-corrected chi connectivity index (χ0v) is 12.2. The van der Waals surface area contributed by atoms with Crippen LogP contribution in [0, 0.1) is 0 Å². The highest BCUT2D eigenvalue weighted by molar-refractivity contribution is 9.12. The van der Waals surface area contributed by atoms with Crippen LogP contribution >= 0.6 is 15.9 Å². The van der Waals surface area contributed by atoms with Gasteiger partial charge in [0.15, 0.2) is 0 Å². The molecule has 0 saturated heterocycles. The van der Waals surface area contributed by atoms with E-state index in [1.807, 2.05) is 0 Å². The summed E-state index contributed by atoms with van der Waals surface area (Å²) in [5.74, 6) is -0.308. The first-order chi connectivity index (χ1) is 8.20. The average molecular weight is 305 g/mol. The largest absolute Gasteiger partial charge is 0.428 e. The molecule has 0 aromatic heterocycles. The summed E-state index contributed by atoms with van der Waals surface area (Å²) in [6.07, 6.45) is 7.84. The number of carbonyl (C=O) groups is 1. The summed E-state index contributed by atoms with van der Waals surface area (Å²) in [6.45, 7) is 2.21. The Balaban J connectivity index is 2.27. The second-order valence-electron chi connectivity index (χ2n) is 4.33. The number of hydrogen-bond acceptors (Lipinski definition) is 3. The van der Waals surface area contributed by atoms with Gasteiger partial charge >= 0.3 is 5.97 Å². The molecule has 1 unspecified atom stereocenters. The number of methoxy groups -OCH3 is 1. The predicted octanol–water partition coefficient (Wildman–Crippen LogP) is 3.92. The minimum absolute atomic E-state index is 0.308. The first kappa shape index (κ1) is 14.7. The Hall–Kier alpha value is -0.350. The van der Waals surface area contributed by atoms with Crippen LogP contribution in [0.25, 0.3) is 0 Å². The topological polar surface area (TPSA) is 35.5 Å². The van der Waals surface area contributed by atoms with Gasteiger partial charge in [-0.1, -0.05) is 39.0 Å². The van der Waals surface area contributed by atoms with Gasteiger partial charge in [-0.2, -0.15) is 0 Å². The molecule has 98 valence electrons. The normalized spacial score (nSPS) is 19.9. The summed E-state index contributed by atoms with van der Waals surface area (Å²) in [4.78, 5) is 11.3. The van der Waals surface area contributed by atoms with Crippen LogP contribution in [0.3, 0.4) is 0 Å². The van der Waals surface area contributed by atoms with E-state index in [1.165, 1.54) is 32.1 Å². The fraction of sp³-hybridized carbons (Fsp3) is 0.769. The lowest BCUT2D eigenvalue weighted by Crippen LogP contribution is -2.13. The van der Waals surface area contributed by atoms with Crippen LogP contribution in [0.2, 0.25) is 0 Å². The number of carbonyl (C=O) groups excluding carboxylic acids is 1.